The van der Waals surface area contributed by atoms with Gasteiger partial charge in [0.2, 0.25) is 11.9 Å². The molecule has 20 heavy (non-hydrogen) atoms. The SMILES string of the molecule is O=C(CCC1CCCC1)Nc1nc(Cl)c2[nH]cnc2n1. The Hall–Kier alpha value is -1.69. The van der Waals surface area contributed by atoms with E-state index < -0.39 is 0 Å². The summed E-state index contributed by atoms with van der Waals surface area (Å²) in [5.41, 5.74) is 1.03. The second kappa shape index (κ2) is 5.75. The molecule has 0 bridgehead atoms. The first kappa shape index (κ1) is 13.3. The monoisotopic (exact) mass is 293 g/mol. The molecule has 2 heterocycles. The van der Waals surface area contributed by atoms with E-state index in [-0.39, 0.29) is 17.0 Å². The first-order valence-corrected chi connectivity index (χ1v) is 7.26. The summed E-state index contributed by atoms with van der Waals surface area (Å²) in [6.45, 7) is 0. The Bertz CT molecular complexity index is 620. The van der Waals surface area contributed by atoms with Gasteiger partial charge in [0.15, 0.2) is 10.8 Å². The average Bonchev–Trinajstić information content (AvgIpc) is 3.07. The highest BCUT2D eigenvalue weighted by Gasteiger charge is 2.17. The number of hydrogen-bond acceptors (Lipinski definition) is 4. The lowest BCUT2D eigenvalue weighted by molar-refractivity contribution is -0.116. The first-order chi connectivity index (χ1) is 9.72. The van der Waals surface area contributed by atoms with Gasteiger partial charge in [-0.2, -0.15) is 9.97 Å². The number of amides is 1. The minimum Gasteiger partial charge on any atom is -0.341 e. The number of hydrogen-bond donors (Lipinski definition) is 2. The van der Waals surface area contributed by atoms with E-state index in [0.717, 1.165) is 6.42 Å². The molecule has 6 nitrogen and oxygen atoms in total. The molecule has 1 fully saturated rings. The molecule has 0 aromatic carbocycles. The van der Waals surface area contributed by atoms with Crippen molar-refractivity contribution in [2.45, 2.75) is 38.5 Å². The van der Waals surface area contributed by atoms with Crippen LogP contribution in [0.4, 0.5) is 5.95 Å². The summed E-state index contributed by atoms with van der Waals surface area (Å²) in [5.74, 6) is 0.841. The fourth-order valence-electron chi connectivity index (χ4n) is 2.68. The van der Waals surface area contributed by atoms with Gasteiger partial charge in [-0.1, -0.05) is 37.3 Å². The van der Waals surface area contributed by atoms with Crippen molar-refractivity contribution < 1.29 is 4.79 Å². The molecule has 1 amide bonds. The zero-order valence-electron chi connectivity index (χ0n) is 11.0. The summed E-state index contributed by atoms with van der Waals surface area (Å²) in [4.78, 5) is 26.9. The maximum atomic E-state index is 11.9. The number of carbonyl (C=O) groups excluding carboxylic acids is 1. The van der Waals surface area contributed by atoms with E-state index in [4.69, 9.17) is 11.6 Å². The second-order valence-electron chi connectivity index (χ2n) is 5.18. The maximum Gasteiger partial charge on any atom is 0.233 e. The smallest absolute Gasteiger partial charge is 0.233 e. The summed E-state index contributed by atoms with van der Waals surface area (Å²) in [7, 11) is 0. The molecule has 2 aromatic heterocycles. The Kier molecular flexibility index (Phi) is 3.82. The van der Waals surface area contributed by atoms with E-state index >= 15 is 0 Å². The molecular formula is C13H16ClN5O. The van der Waals surface area contributed by atoms with Crippen molar-refractivity contribution >= 4 is 34.6 Å². The van der Waals surface area contributed by atoms with E-state index in [1.807, 2.05) is 0 Å². The molecule has 106 valence electrons. The third-order valence-corrected chi connectivity index (χ3v) is 4.02. The molecule has 3 rings (SSSR count). The van der Waals surface area contributed by atoms with Crippen molar-refractivity contribution in [3.05, 3.63) is 11.5 Å². The Balaban J connectivity index is 1.61. The molecule has 2 N–H and O–H groups in total. The fourth-order valence-corrected chi connectivity index (χ4v) is 2.89. The van der Waals surface area contributed by atoms with Crippen LogP contribution in [0.3, 0.4) is 0 Å². The van der Waals surface area contributed by atoms with E-state index in [2.05, 4.69) is 25.3 Å². The normalized spacial score (nSPS) is 15.8. The van der Waals surface area contributed by atoms with Crippen LogP contribution in [0.1, 0.15) is 38.5 Å². The quantitative estimate of drug-likeness (QED) is 0.849. The number of nitrogens with one attached hydrogen (secondary N) is 2. The largest absolute Gasteiger partial charge is 0.341 e. The molecule has 1 saturated carbocycles. The van der Waals surface area contributed by atoms with Gasteiger partial charge in [-0.3, -0.25) is 10.1 Å². The lowest BCUT2D eigenvalue weighted by atomic mass is 10.0. The standard InChI is InChI=1S/C13H16ClN5O/c14-11-10-12(16-7-15-10)19-13(18-11)17-9(20)6-5-8-3-1-2-4-8/h7-8H,1-6H2,(H2,15,16,17,18,19,20). The van der Waals surface area contributed by atoms with Crippen LogP contribution >= 0.6 is 11.6 Å². The van der Waals surface area contributed by atoms with Gasteiger partial charge in [-0.15, -0.1) is 0 Å². The molecule has 0 saturated heterocycles. The van der Waals surface area contributed by atoms with Crippen LogP contribution in [0.2, 0.25) is 5.15 Å². The van der Waals surface area contributed by atoms with Crippen molar-refractivity contribution in [1.29, 1.82) is 0 Å². The van der Waals surface area contributed by atoms with Crippen molar-refractivity contribution in [2.24, 2.45) is 5.92 Å². The van der Waals surface area contributed by atoms with Crippen LogP contribution in [0.25, 0.3) is 11.2 Å². The lowest BCUT2D eigenvalue weighted by Gasteiger charge is -2.08. The van der Waals surface area contributed by atoms with Gasteiger partial charge < -0.3 is 4.98 Å². The van der Waals surface area contributed by atoms with E-state index in [0.29, 0.717) is 23.5 Å². The van der Waals surface area contributed by atoms with Crippen LogP contribution in [0.15, 0.2) is 6.33 Å². The Morgan fingerprint density at radius 3 is 3.00 bits per heavy atom. The molecule has 0 atom stereocenters. The molecule has 0 radical (unpaired) electrons. The number of nitrogens with zero attached hydrogens (tertiary/aromatic N) is 3. The number of imidazole rings is 1. The summed E-state index contributed by atoms with van der Waals surface area (Å²) in [6, 6.07) is 0. The minimum atomic E-state index is -0.0668. The molecule has 0 aliphatic heterocycles. The van der Waals surface area contributed by atoms with Crippen LogP contribution in [-0.2, 0) is 4.79 Å². The number of fused-ring (bicyclic) bond motifs is 1. The predicted octanol–water partition coefficient (Wildman–Crippen LogP) is 2.92. The number of carbonyl (C=O) groups is 1. The Labute approximate surface area is 121 Å². The highest BCUT2D eigenvalue weighted by molar-refractivity contribution is 6.33. The van der Waals surface area contributed by atoms with Crippen LogP contribution in [0.5, 0.6) is 0 Å². The lowest BCUT2D eigenvalue weighted by Crippen LogP contribution is -2.15. The highest BCUT2D eigenvalue weighted by atomic mass is 35.5. The van der Waals surface area contributed by atoms with Gasteiger partial charge in [0, 0.05) is 6.42 Å². The minimum absolute atomic E-state index is 0.0668. The molecule has 2 aromatic rings. The maximum absolute atomic E-state index is 11.9. The zero-order chi connectivity index (χ0) is 13.9. The summed E-state index contributed by atoms with van der Waals surface area (Å²) >= 11 is 5.99. The average molecular weight is 294 g/mol. The summed E-state index contributed by atoms with van der Waals surface area (Å²) < 4.78 is 0. The number of aromatic amines is 1. The number of anilines is 1. The third-order valence-electron chi connectivity index (χ3n) is 3.75. The molecule has 0 unspecified atom stereocenters. The Morgan fingerprint density at radius 2 is 2.20 bits per heavy atom. The van der Waals surface area contributed by atoms with Crippen LogP contribution < -0.4 is 5.32 Å². The van der Waals surface area contributed by atoms with Crippen molar-refractivity contribution in [2.75, 3.05) is 5.32 Å². The van der Waals surface area contributed by atoms with Gasteiger partial charge >= 0.3 is 0 Å². The van der Waals surface area contributed by atoms with Gasteiger partial charge in [-0.05, 0) is 12.3 Å². The van der Waals surface area contributed by atoms with E-state index in [9.17, 15) is 4.79 Å². The van der Waals surface area contributed by atoms with Gasteiger partial charge in [0.25, 0.3) is 0 Å². The van der Waals surface area contributed by atoms with E-state index in [1.165, 1.54) is 32.0 Å². The molecule has 7 heteroatoms. The number of halogens is 1. The third kappa shape index (κ3) is 2.90. The summed E-state index contributed by atoms with van der Waals surface area (Å²) in [6.07, 6.45) is 8.01. The van der Waals surface area contributed by atoms with Crippen LogP contribution in [0, 0.1) is 5.92 Å². The summed E-state index contributed by atoms with van der Waals surface area (Å²) in [5, 5.41) is 2.95. The second-order valence-corrected chi connectivity index (χ2v) is 5.53. The number of rotatable bonds is 4. The number of aromatic nitrogens is 4. The first-order valence-electron chi connectivity index (χ1n) is 6.89. The predicted molar refractivity (Wildman–Crippen MR) is 76.5 cm³/mol. The molecular weight excluding hydrogens is 278 g/mol. The van der Waals surface area contributed by atoms with Crippen molar-refractivity contribution in [3.8, 4) is 0 Å². The zero-order valence-corrected chi connectivity index (χ0v) is 11.8. The molecule has 0 spiro atoms. The van der Waals surface area contributed by atoms with Gasteiger partial charge in [0.05, 0.1) is 6.33 Å². The Morgan fingerprint density at radius 1 is 1.40 bits per heavy atom. The van der Waals surface area contributed by atoms with Crippen molar-refractivity contribution in [1.82, 2.24) is 19.9 Å². The highest BCUT2D eigenvalue weighted by Crippen LogP contribution is 2.28. The van der Waals surface area contributed by atoms with E-state index in [1.54, 1.807) is 0 Å². The number of H-pyrrole nitrogens is 1. The molecule has 1 aliphatic carbocycles. The molecule has 1 aliphatic rings. The fraction of sp³-hybridized carbons (Fsp3) is 0.538. The van der Waals surface area contributed by atoms with Gasteiger partial charge in [0.1, 0.15) is 5.52 Å². The van der Waals surface area contributed by atoms with Gasteiger partial charge in [-0.25, -0.2) is 4.98 Å². The van der Waals surface area contributed by atoms with Crippen molar-refractivity contribution in [3.63, 3.8) is 0 Å². The van der Waals surface area contributed by atoms with Crippen LogP contribution in [-0.4, -0.2) is 25.8 Å². The topological polar surface area (TPSA) is 83.6 Å².